The van der Waals surface area contributed by atoms with E-state index in [1.54, 1.807) is 25.6 Å². The van der Waals surface area contributed by atoms with E-state index >= 15 is 0 Å². The van der Waals surface area contributed by atoms with Crippen molar-refractivity contribution in [1.29, 1.82) is 0 Å². The first kappa shape index (κ1) is 11.4. The van der Waals surface area contributed by atoms with E-state index in [1.807, 2.05) is 6.07 Å². The first-order chi connectivity index (χ1) is 8.19. The van der Waals surface area contributed by atoms with E-state index < -0.39 is 0 Å². The average Bonchev–Trinajstić information content (AvgIpc) is 2.36. The third-order valence-electron chi connectivity index (χ3n) is 2.66. The number of carbonyl (C=O) groups is 1. The molecule has 0 amide bonds. The molecular formula is C13H13NO3. The Morgan fingerprint density at radius 2 is 1.88 bits per heavy atom. The summed E-state index contributed by atoms with van der Waals surface area (Å²) in [4.78, 5) is 15.7. The molecule has 0 atom stereocenters. The Kier molecular flexibility index (Phi) is 2.95. The van der Waals surface area contributed by atoms with Gasteiger partial charge in [0, 0.05) is 29.2 Å². The summed E-state index contributed by atoms with van der Waals surface area (Å²) >= 11 is 0. The number of fused-ring (bicyclic) bond motifs is 1. The van der Waals surface area contributed by atoms with Gasteiger partial charge in [0.05, 0.1) is 19.8 Å². The van der Waals surface area contributed by atoms with Gasteiger partial charge in [0.25, 0.3) is 0 Å². The highest BCUT2D eigenvalue weighted by atomic mass is 16.5. The number of carbonyl (C=O) groups excluding carboxylic acids is 1. The maximum atomic E-state index is 11.7. The summed E-state index contributed by atoms with van der Waals surface area (Å²) in [6, 6.07) is 3.54. The molecule has 0 unspecified atom stereocenters. The van der Waals surface area contributed by atoms with Crippen molar-refractivity contribution >= 4 is 16.6 Å². The Hall–Kier alpha value is -2.10. The van der Waals surface area contributed by atoms with E-state index in [1.165, 1.54) is 14.0 Å². The lowest BCUT2D eigenvalue weighted by atomic mass is 10.0. The highest BCUT2D eigenvalue weighted by Gasteiger charge is 2.16. The van der Waals surface area contributed by atoms with Crippen LogP contribution in [0.4, 0.5) is 0 Å². The van der Waals surface area contributed by atoms with Crippen LogP contribution in [0.25, 0.3) is 10.8 Å². The maximum absolute atomic E-state index is 11.7. The van der Waals surface area contributed by atoms with Crippen LogP contribution < -0.4 is 9.47 Å². The summed E-state index contributed by atoms with van der Waals surface area (Å²) < 4.78 is 10.5. The maximum Gasteiger partial charge on any atom is 0.164 e. The van der Waals surface area contributed by atoms with Crippen molar-refractivity contribution in [2.24, 2.45) is 0 Å². The van der Waals surface area contributed by atoms with Gasteiger partial charge in [-0.3, -0.25) is 9.78 Å². The number of aromatic nitrogens is 1. The number of pyridine rings is 1. The number of rotatable bonds is 3. The van der Waals surface area contributed by atoms with E-state index in [2.05, 4.69) is 4.98 Å². The van der Waals surface area contributed by atoms with Crippen molar-refractivity contribution in [3.63, 3.8) is 0 Å². The Bertz CT molecular complexity index is 578. The molecule has 88 valence electrons. The molecule has 0 aliphatic heterocycles. The minimum absolute atomic E-state index is 0.0532. The van der Waals surface area contributed by atoms with Crippen molar-refractivity contribution in [1.82, 2.24) is 4.98 Å². The minimum Gasteiger partial charge on any atom is -0.496 e. The molecule has 0 bridgehead atoms. The monoisotopic (exact) mass is 231 g/mol. The molecule has 0 fully saturated rings. The van der Waals surface area contributed by atoms with Gasteiger partial charge in [-0.15, -0.1) is 0 Å². The summed E-state index contributed by atoms with van der Waals surface area (Å²) in [5, 5.41) is 1.60. The standard InChI is InChI=1S/C13H13NO3/c1-8(15)13-10-7-14-5-4-9(10)11(16-2)6-12(13)17-3/h4-7H,1-3H3. The predicted octanol–water partition coefficient (Wildman–Crippen LogP) is 2.45. The van der Waals surface area contributed by atoms with Crippen LogP contribution >= 0.6 is 0 Å². The smallest absolute Gasteiger partial charge is 0.164 e. The van der Waals surface area contributed by atoms with Crippen LogP contribution in [-0.4, -0.2) is 25.0 Å². The van der Waals surface area contributed by atoms with Crippen molar-refractivity contribution in [3.8, 4) is 11.5 Å². The van der Waals surface area contributed by atoms with Gasteiger partial charge in [-0.05, 0) is 13.0 Å². The quantitative estimate of drug-likeness (QED) is 0.761. The predicted molar refractivity (Wildman–Crippen MR) is 64.9 cm³/mol. The molecule has 0 N–H and O–H groups in total. The first-order valence-electron chi connectivity index (χ1n) is 5.18. The number of ketones is 1. The van der Waals surface area contributed by atoms with Gasteiger partial charge in [0.15, 0.2) is 5.78 Å². The van der Waals surface area contributed by atoms with Crippen LogP contribution in [0.2, 0.25) is 0 Å². The highest BCUT2D eigenvalue weighted by Crippen LogP contribution is 2.35. The zero-order chi connectivity index (χ0) is 12.4. The average molecular weight is 231 g/mol. The number of hydrogen-bond donors (Lipinski definition) is 0. The van der Waals surface area contributed by atoms with Crippen molar-refractivity contribution in [2.45, 2.75) is 6.92 Å². The van der Waals surface area contributed by atoms with E-state index in [0.717, 1.165) is 10.8 Å². The van der Waals surface area contributed by atoms with Crippen LogP contribution in [0.15, 0.2) is 24.5 Å². The lowest BCUT2D eigenvalue weighted by Gasteiger charge is -2.12. The molecule has 0 saturated carbocycles. The van der Waals surface area contributed by atoms with Crippen LogP contribution in [-0.2, 0) is 0 Å². The molecular weight excluding hydrogens is 218 g/mol. The minimum atomic E-state index is -0.0532. The van der Waals surface area contributed by atoms with E-state index in [-0.39, 0.29) is 5.78 Å². The second-order valence-corrected chi connectivity index (χ2v) is 3.63. The number of benzene rings is 1. The van der Waals surface area contributed by atoms with Crippen molar-refractivity contribution in [2.75, 3.05) is 14.2 Å². The van der Waals surface area contributed by atoms with Gasteiger partial charge >= 0.3 is 0 Å². The number of hydrogen-bond acceptors (Lipinski definition) is 4. The number of Topliss-reactive ketones (excluding diaryl/α,β-unsaturated/α-hetero) is 1. The number of nitrogens with zero attached hydrogens (tertiary/aromatic N) is 1. The topological polar surface area (TPSA) is 48.4 Å². The lowest BCUT2D eigenvalue weighted by Crippen LogP contribution is -2.00. The second-order valence-electron chi connectivity index (χ2n) is 3.63. The summed E-state index contributed by atoms with van der Waals surface area (Å²) in [6.07, 6.45) is 3.32. The summed E-state index contributed by atoms with van der Waals surface area (Å²) in [6.45, 7) is 1.51. The van der Waals surface area contributed by atoms with Crippen LogP contribution in [0.5, 0.6) is 11.5 Å². The Balaban J connectivity index is 2.90. The molecule has 17 heavy (non-hydrogen) atoms. The fourth-order valence-electron chi connectivity index (χ4n) is 1.90. The van der Waals surface area contributed by atoms with Crippen molar-refractivity contribution in [3.05, 3.63) is 30.1 Å². The van der Waals surface area contributed by atoms with Gasteiger partial charge in [-0.2, -0.15) is 0 Å². The molecule has 1 heterocycles. The van der Waals surface area contributed by atoms with Crippen LogP contribution in [0, 0.1) is 0 Å². The first-order valence-corrected chi connectivity index (χ1v) is 5.18. The molecule has 4 heteroatoms. The zero-order valence-corrected chi connectivity index (χ0v) is 9.98. The Morgan fingerprint density at radius 1 is 1.18 bits per heavy atom. The lowest BCUT2D eigenvalue weighted by molar-refractivity contribution is 0.101. The molecule has 1 aromatic carbocycles. The molecule has 0 aliphatic carbocycles. The largest absolute Gasteiger partial charge is 0.496 e. The molecule has 0 aliphatic rings. The van der Waals surface area contributed by atoms with E-state index in [4.69, 9.17) is 9.47 Å². The van der Waals surface area contributed by atoms with Gasteiger partial charge in [-0.25, -0.2) is 0 Å². The Labute approximate surface area is 99.2 Å². The number of ether oxygens (including phenoxy) is 2. The second kappa shape index (κ2) is 4.41. The Morgan fingerprint density at radius 3 is 2.47 bits per heavy atom. The molecule has 0 radical (unpaired) electrons. The third kappa shape index (κ3) is 1.82. The summed E-state index contributed by atoms with van der Waals surface area (Å²) in [7, 11) is 3.12. The molecule has 2 aromatic rings. The van der Waals surface area contributed by atoms with Gasteiger partial charge in [-0.1, -0.05) is 0 Å². The fourth-order valence-corrected chi connectivity index (χ4v) is 1.90. The SMILES string of the molecule is COc1cc(OC)c2ccncc2c1C(C)=O. The van der Waals surface area contributed by atoms with E-state index in [0.29, 0.717) is 17.1 Å². The molecule has 1 aromatic heterocycles. The normalized spacial score (nSPS) is 10.3. The van der Waals surface area contributed by atoms with Crippen LogP contribution in [0.3, 0.4) is 0 Å². The number of methoxy groups -OCH3 is 2. The molecule has 0 saturated heterocycles. The fraction of sp³-hybridized carbons (Fsp3) is 0.231. The molecule has 0 spiro atoms. The molecule has 2 rings (SSSR count). The third-order valence-corrected chi connectivity index (χ3v) is 2.66. The summed E-state index contributed by atoms with van der Waals surface area (Å²) in [5.41, 5.74) is 0.538. The van der Waals surface area contributed by atoms with Gasteiger partial charge < -0.3 is 9.47 Å². The summed E-state index contributed by atoms with van der Waals surface area (Å²) in [5.74, 6) is 1.13. The van der Waals surface area contributed by atoms with Crippen LogP contribution in [0.1, 0.15) is 17.3 Å². The van der Waals surface area contributed by atoms with E-state index in [9.17, 15) is 4.79 Å². The van der Waals surface area contributed by atoms with Crippen molar-refractivity contribution < 1.29 is 14.3 Å². The van der Waals surface area contributed by atoms with Gasteiger partial charge in [0.1, 0.15) is 11.5 Å². The highest BCUT2D eigenvalue weighted by molar-refractivity contribution is 6.10. The van der Waals surface area contributed by atoms with Gasteiger partial charge in [0.2, 0.25) is 0 Å². The molecule has 4 nitrogen and oxygen atoms in total. The zero-order valence-electron chi connectivity index (χ0n) is 9.98.